The van der Waals surface area contributed by atoms with Crippen LogP contribution in [0, 0.1) is 0 Å². The van der Waals surface area contributed by atoms with E-state index < -0.39 is 0 Å². The maximum atomic E-state index is 6.00. The third-order valence-corrected chi connectivity index (χ3v) is 3.19. The summed E-state index contributed by atoms with van der Waals surface area (Å²) in [5.74, 6) is 2.18. The quantitative estimate of drug-likeness (QED) is 0.647. The monoisotopic (exact) mass is 278 g/mol. The second kappa shape index (κ2) is 5.52. The number of halogens is 1. The first-order chi connectivity index (χ1) is 9.31. The third kappa shape index (κ3) is 3.41. The number of rotatable bonds is 6. The van der Waals surface area contributed by atoms with E-state index in [0.29, 0.717) is 11.1 Å². The van der Waals surface area contributed by atoms with Gasteiger partial charge in [-0.25, -0.2) is 9.97 Å². The van der Waals surface area contributed by atoms with Gasteiger partial charge in [0.15, 0.2) is 0 Å². The summed E-state index contributed by atoms with van der Waals surface area (Å²) in [6, 6.07) is 1.77. The first kappa shape index (κ1) is 12.3. The summed E-state index contributed by atoms with van der Waals surface area (Å²) in [6.45, 7) is 1.65. The van der Waals surface area contributed by atoms with Crippen molar-refractivity contribution in [3.63, 3.8) is 0 Å². The summed E-state index contributed by atoms with van der Waals surface area (Å²) in [7, 11) is 0. The Morgan fingerprint density at radius 2 is 2.26 bits per heavy atom. The highest BCUT2D eigenvalue weighted by Crippen LogP contribution is 2.38. The Morgan fingerprint density at radius 1 is 1.37 bits per heavy atom. The van der Waals surface area contributed by atoms with E-state index in [1.807, 2.05) is 10.9 Å². The largest absolute Gasteiger partial charge is 0.370 e. The maximum Gasteiger partial charge on any atom is 0.135 e. The lowest BCUT2D eigenvalue weighted by Crippen LogP contribution is -2.09. The molecule has 0 aromatic carbocycles. The van der Waals surface area contributed by atoms with Gasteiger partial charge in [-0.05, 0) is 19.3 Å². The van der Waals surface area contributed by atoms with Gasteiger partial charge in [0, 0.05) is 31.3 Å². The number of nitrogens with one attached hydrogen (secondary N) is 1. The van der Waals surface area contributed by atoms with Gasteiger partial charge < -0.3 is 5.32 Å². The minimum Gasteiger partial charge on any atom is -0.370 e. The van der Waals surface area contributed by atoms with Crippen molar-refractivity contribution in [2.24, 2.45) is 0 Å². The number of anilines is 1. The Balaban J connectivity index is 1.51. The lowest BCUT2D eigenvalue weighted by atomic mass is 10.4. The SMILES string of the molecule is Clc1cc(NCCCn2ccnn2)nc(C2CC2)n1. The van der Waals surface area contributed by atoms with E-state index in [1.165, 1.54) is 12.8 Å². The van der Waals surface area contributed by atoms with Gasteiger partial charge in [0.2, 0.25) is 0 Å². The summed E-state index contributed by atoms with van der Waals surface area (Å²) in [5.41, 5.74) is 0. The van der Waals surface area contributed by atoms with Crippen molar-refractivity contribution in [2.45, 2.75) is 31.7 Å². The molecule has 1 saturated carbocycles. The van der Waals surface area contributed by atoms with E-state index in [1.54, 1.807) is 12.3 Å². The molecule has 2 aromatic rings. The number of hydrogen-bond donors (Lipinski definition) is 1. The van der Waals surface area contributed by atoms with Gasteiger partial charge in [-0.15, -0.1) is 5.10 Å². The Bertz CT molecular complexity index is 537. The average Bonchev–Trinajstić information content (AvgIpc) is 3.12. The third-order valence-electron chi connectivity index (χ3n) is 3.00. The molecule has 0 saturated heterocycles. The highest BCUT2D eigenvalue weighted by atomic mass is 35.5. The van der Waals surface area contributed by atoms with Crippen LogP contribution < -0.4 is 5.32 Å². The molecule has 3 rings (SSSR count). The molecule has 0 bridgehead atoms. The molecular weight excluding hydrogens is 264 g/mol. The van der Waals surface area contributed by atoms with Crippen LogP contribution in [0.1, 0.15) is 31.0 Å². The second-order valence-electron chi connectivity index (χ2n) is 4.65. The molecule has 0 spiro atoms. The fraction of sp³-hybridized carbons (Fsp3) is 0.500. The Labute approximate surface area is 116 Å². The molecule has 0 aliphatic heterocycles. The fourth-order valence-electron chi connectivity index (χ4n) is 1.86. The van der Waals surface area contributed by atoms with Crippen LogP contribution >= 0.6 is 11.6 Å². The molecule has 1 aliphatic carbocycles. The van der Waals surface area contributed by atoms with Crippen molar-refractivity contribution in [3.05, 3.63) is 29.4 Å². The molecular formula is C12H15ClN6. The van der Waals surface area contributed by atoms with Crippen LogP contribution in [0.4, 0.5) is 5.82 Å². The summed E-state index contributed by atoms with van der Waals surface area (Å²) in [4.78, 5) is 8.75. The molecule has 100 valence electrons. The van der Waals surface area contributed by atoms with Crippen molar-refractivity contribution in [3.8, 4) is 0 Å². The summed E-state index contributed by atoms with van der Waals surface area (Å²) < 4.78 is 1.81. The van der Waals surface area contributed by atoms with E-state index in [0.717, 1.165) is 31.2 Å². The van der Waals surface area contributed by atoms with Crippen LogP contribution in [-0.4, -0.2) is 31.5 Å². The van der Waals surface area contributed by atoms with Gasteiger partial charge in [-0.3, -0.25) is 4.68 Å². The lowest BCUT2D eigenvalue weighted by Gasteiger charge is -2.07. The molecule has 7 heteroatoms. The van der Waals surface area contributed by atoms with Crippen molar-refractivity contribution in [2.75, 3.05) is 11.9 Å². The minimum atomic E-state index is 0.509. The number of aryl methyl sites for hydroxylation is 1. The molecule has 19 heavy (non-hydrogen) atoms. The van der Waals surface area contributed by atoms with Gasteiger partial charge in [0.25, 0.3) is 0 Å². The molecule has 0 amide bonds. The van der Waals surface area contributed by atoms with Crippen LogP contribution in [0.5, 0.6) is 0 Å². The number of nitrogens with zero attached hydrogens (tertiary/aromatic N) is 5. The van der Waals surface area contributed by atoms with E-state index in [9.17, 15) is 0 Å². The van der Waals surface area contributed by atoms with Crippen LogP contribution in [0.25, 0.3) is 0 Å². The number of aromatic nitrogens is 5. The van der Waals surface area contributed by atoms with Crippen molar-refractivity contribution in [1.29, 1.82) is 0 Å². The predicted molar refractivity (Wildman–Crippen MR) is 72.1 cm³/mol. The van der Waals surface area contributed by atoms with Crippen LogP contribution in [-0.2, 0) is 6.54 Å². The van der Waals surface area contributed by atoms with Crippen LogP contribution in [0.3, 0.4) is 0 Å². The van der Waals surface area contributed by atoms with Gasteiger partial charge in [-0.2, -0.15) is 0 Å². The molecule has 1 aliphatic rings. The smallest absolute Gasteiger partial charge is 0.135 e. The molecule has 0 atom stereocenters. The molecule has 0 unspecified atom stereocenters. The van der Waals surface area contributed by atoms with E-state index in [-0.39, 0.29) is 0 Å². The zero-order chi connectivity index (χ0) is 13.1. The number of hydrogen-bond acceptors (Lipinski definition) is 5. The van der Waals surface area contributed by atoms with Crippen molar-refractivity contribution >= 4 is 17.4 Å². The highest BCUT2D eigenvalue weighted by Gasteiger charge is 2.27. The molecule has 2 aromatic heterocycles. The van der Waals surface area contributed by atoms with Gasteiger partial charge in [0.05, 0.1) is 6.20 Å². The van der Waals surface area contributed by atoms with E-state index in [2.05, 4.69) is 25.6 Å². The summed E-state index contributed by atoms with van der Waals surface area (Å²) in [5, 5.41) is 11.5. The maximum absolute atomic E-state index is 6.00. The van der Waals surface area contributed by atoms with Crippen LogP contribution in [0.2, 0.25) is 5.15 Å². The normalized spacial score (nSPS) is 14.6. The second-order valence-corrected chi connectivity index (χ2v) is 5.04. The Kier molecular flexibility index (Phi) is 3.59. The molecule has 1 N–H and O–H groups in total. The standard InChI is InChI=1S/C12H15ClN6/c13-10-8-11(17-12(16-10)9-2-3-9)14-4-1-6-19-7-5-15-18-19/h5,7-9H,1-4,6H2,(H,14,16,17). The molecule has 1 fully saturated rings. The van der Waals surface area contributed by atoms with E-state index >= 15 is 0 Å². The Hall–Kier alpha value is -1.69. The molecule has 0 radical (unpaired) electrons. The van der Waals surface area contributed by atoms with E-state index in [4.69, 9.17) is 11.6 Å². The van der Waals surface area contributed by atoms with Crippen molar-refractivity contribution in [1.82, 2.24) is 25.0 Å². The first-order valence-corrected chi connectivity index (χ1v) is 6.81. The van der Waals surface area contributed by atoms with Gasteiger partial charge in [0.1, 0.15) is 16.8 Å². The first-order valence-electron chi connectivity index (χ1n) is 6.44. The van der Waals surface area contributed by atoms with Crippen molar-refractivity contribution < 1.29 is 0 Å². The average molecular weight is 279 g/mol. The molecule has 6 nitrogen and oxygen atoms in total. The topological polar surface area (TPSA) is 68.5 Å². The molecule has 2 heterocycles. The highest BCUT2D eigenvalue weighted by molar-refractivity contribution is 6.29. The Morgan fingerprint density at radius 3 is 3.00 bits per heavy atom. The summed E-state index contributed by atoms with van der Waals surface area (Å²) >= 11 is 6.00. The zero-order valence-electron chi connectivity index (χ0n) is 10.5. The predicted octanol–water partition coefficient (Wildman–Crippen LogP) is 2.10. The summed E-state index contributed by atoms with van der Waals surface area (Å²) in [6.07, 6.45) is 6.83. The minimum absolute atomic E-state index is 0.509. The van der Waals surface area contributed by atoms with Crippen LogP contribution in [0.15, 0.2) is 18.5 Å². The fourth-order valence-corrected chi connectivity index (χ4v) is 2.05. The van der Waals surface area contributed by atoms with Gasteiger partial charge >= 0.3 is 0 Å². The zero-order valence-corrected chi connectivity index (χ0v) is 11.2. The lowest BCUT2D eigenvalue weighted by molar-refractivity contribution is 0.569. The van der Waals surface area contributed by atoms with Gasteiger partial charge in [-0.1, -0.05) is 16.8 Å².